The normalized spacial score (nSPS) is 12.0. The monoisotopic (exact) mass is 320 g/mol. The summed E-state index contributed by atoms with van der Waals surface area (Å²) in [5.74, 6) is 0. The second kappa shape index (κ2) is 7.86. The van der Waals surface area contributed by atoms with Gasteiger partial charge >= 0.3 is 6.03 Å². The Bertz CT molecular complexity index is 630. The van der Waals surface area contributed by atoms with E-state index >= 15 is 0 Å². The van der Waals surface area contributed by atoms with Crippen LogP contribution in [-0.4, -0.2) is 27.9 Å². The van der Waals surface area contributed by atoms with E-state index < -0.39 is 12.1 Å². The van der Waals surface area contributed by atoms with Crippen molar-refractivity contribution in [2.75, 3.05) is 11.9 Å². The molecule has 3 N–H and O–H groups in total. The lowest BCUT2D eigenvalue weighted by molar-refractivity contribution is 0.174. The molecule has 2 aromatic rings. The molecular weight excluding hydrogens is 300 g/mol. The van der Waals surface area contributed by atoms with Gasteiger partial charge in [-0.15, -0.1) is 10.2 Å². The molecule has 0 aliphatic heterocycles. The van der Waals surface area contributed by atoms with Crippen molar-refractivity contribution in [2.24, 2.45) is 0 Å². The number of urea groups is 1. The van der Waals surface area contributed by atoms with E-state index in [4.69, 9.17) is 0 Å². The number of benzene rings is 1. The van der Waals surface area contributed by atoms with E-state index in [1.807, 2.05) is 31.2 Å². The second-order valence-corrected chi connectivity index (χ2v) is 6.02. The maximum atomic E-state index is 11.8. The molecule has 0 bridgehead atoms. The third kappa shape index (κ3) is 4.51. The first-order chi connectivity index (χ1) is 10.6. The average Bonchev–Trinajstić information content (AvgIpc) is 2.93. The number of carbonyl (C=O) groups is 1. The van der Waals surface area contributed by atoms with Crippen molar-refractivity contribution in [1.29, 1.82) is 0 Å². The number of anilines is 1. The Kier molecular flexibility index (Phi) is 5.85. The van der Waals surface area contributed by atoms with Crippen LogP contribution < -0.4 is 10.6 Å². The Morgan fingerprint density at radius 2 is 2.14 bits per heavy atom. The lowest BCUT2D eigenvalue weighted by Gasteiger charge is -2.14. The van der Waals surface area contributed by atoms with Crippen molar-refractivity contribution in [3.05, 3.63) is 40.4 Å². The average molecular weight is 320 g/mol. The van der Waals surface area contributed by atoms with Gasteiger partial charge in [0, 0.05) is 13.0 Å². The third-order valence-electron chi connectivity index (χ3n) is 3.15. The zero-order valence-electron chi connectivity index (χ0n) is 12.7. The summed E-state index contributed by atoms with van der Waals surface area (Å²) in [6.45, 7) is 4.13. The molecule has 7 heteroatoms. The summed E-state index contributed by atoms with van der Waals surface area (Å²) in [6, 6.07) is 7.15. The fraction of sp³-hybridized carbons (Fsp3) is 0.400. The molecule has 0 saturated carbocycles. The van der Waals surface area contributed by atoms with Crippen LogP contribution in [0.15, 0.2) is 24.3 Å². The quantitative estimate of drug-likeness (QED) is 0.763. The number of carbonyl (C=O) groups excluding carboxylic acids is 1. The Morgan fingerprint density at radius 3 is 2.86 bits per heavy atom. The van der Waals surface area contributed by atoms with Gasteiger partial charge in [0.1, 0.15) is 5.01 Å². The van der Waals surface area contributed by atoms with Crippen molar-refractivity contribution in [2.45, 2.75) is 32.8 Å². The van der Waals surface area contributed by atoms with Gasteiger partial charge in [0.05, 0.1) is 6.10 Å². The molecule has 1 unspecified atom stereocenters. The minimum Gasteiger partial charge on any atom is -0.387 e. The fourth-order valence-corrected chi connectivity index (χ4v) is 2.86. The number of nitrogens with one attached hydrogen (secondary N) is 2. The topological polar surface area (TPSA) is 87.1 Å². The summed E-state index contributed by atoms with van der Waals surface area (Å²) in [7, 11) is 0. The van der Waals surface area contributed by atoms with Gasteiger partial charge in [-0.2, -0.15) is 0 Å². The van der Waals surface area contributed by atoms with Gasteiger partial charge < -0.3 is 10.4 Å². The molecule has 0 radical (unpaired) electrons. The van der Waals surface area contributed by atoms with Gasteiger partial charge in [-0.25, -0.2) is 4.79 Å². The van der Waals surface area contributed by atoms with E-state index in [1.54, 1.807) is 0 Å². The molecule has 118 valence electrons. The van der Waals surface area contributed by atoms with Crippen LogP contribution in [0.5, 0.6) is 0 Å². The van der Waals surface area contributed by atoms with Crippen molar-refractivity contribution < 1.29 is 9.90 Å². The molecule has 0 fully saturated rings. The number of hydrogen-bond donors (Lipinski definition) is 3. The zero-order valence-corrected chi connectivity index (χ0v) is 13.5. The lowest BCUT2D eigenvalue weighted by Crippen LogP contribution is -2.32. The molecule has 0 aliphatic rings. The molecule has 6 nitrogen and oxygen atoms in total. The van der Waals surface area contributed by atoms with Crippen molar-refractivity contribution in [3.8, 4) is 0 Å². The van der Waals surface area contributed by atoms with E-state index in [0.29, 0.717) is 5.13 Å². The number of aryl methyl sites for hydroxylation is 2. The summed E-state index contributed by atoms with van der Waals surface area (Å²) in [5, 5.41) is 24.6. The molecule has 1 aromatic heterocycles. The van der Waals surface area contributed by atoms with E-state index in [2.05, 4.69) is 27.8 Å². The molecule has 0 saturated heterocycles. The van der Waals surface area contributed by atoms with Crippen LogP contribution >= 0.6 is 11.3 Å². The highest BCUT2D eigenvalue weighted by atomic mass is 32.1. The highest BCUT2D eigenvalue weighted by molar-refractivity contribution is 7.15. The van der Waals surface area contributed by atoms with E-state index in [1.165, 1.54) is 11.3 Å². The van der Waals surface area contributed by atoms with Crippen LogP contribution in [-0.2, 0) is 6.42 Å². The summed E-state index contributed by atoms with van der Waals surface area (Å²) in [6.07, 6.45) is 1.10. The number of nitrogens with zero attached hydrogens (tertiary/aromatic N) is 2. The molecule has 2 amide bonds. The summed E-state index contributed by atoms with van der Waals surface area (Å²) >= 11 is 1.36. The smallest absolute Gasteiger partial charge is 0.321 e. The number of amides is 2. The van der Waals surface area contributed by atoms with E-state index in [-0.39, 0.29) is 6.54 Å². The highest BCUT2D eigenvalue weighted by Crippen LogP contribution is 2.17. The molecule has 2 rings (SSSR count). The Balaban J connectivity index is 1.83. The second-order valence-electron chi connectivity index (χ2n) is 4.96. The number of aliphatic hydroxyl groups is 1. The summed E-state index contributed by atoms with van der Waals surface area (Å²) in [4.78, 5) is 11.8. The van der Waals surface area contributed by atoms with Crippen LogP contribution in [0.2, 0.25) is 0 Å². The minimum absolute atomic E-state index is 0.136. The molecule has 22 heavy (non-hydrogen) atoms. The van der Waals surface area contributed by atoms with E-state index in [0.717, 1.165) is 29.0 Å². The Morgan fingerprint density at radius 1 is 1.36 bits per heavy atom. The molecule has 1 atom stereocenters. The van der Waals surface area contributed by atoms with E-state index in [9.17, 15) is 9.90 Å². The molecule has 1 aromatic carbocycles. The van der Waals surface area contributed by atoms with Gasteiger partial charge in [0.2, 0.25) is 5.13 Å². The van der Waals surface area contributed by atoms with Crippen LogP contribution in [0.1, 0.15) is 35.6 Å². The SMILES string of the molecule is CCCc1nnc(NC(=O)NCC(O)c2ccccc2C)s1. The van der Waals surface area contributed by atoms with Crippen LogP contribution in [0.25, 0.3) is 0 Å². The zero-order chi connectivity index (χ0) is 15.9. The van der Waals surface area contributed by atoms with Crippen molar-refractivity contribution in [3.63, 3.8) is 0 Å². The first-order valence-corrected chi connectivity index (χ1v) is 8.02. The maximum absolute atomic E-state index is 11.8. The largest absolute Gasteiger partial charge is 0.387 e. The number of aliphatic hydroxyl groups excluding tert-OH is 1. The number of aromatic nitrogens is 2. The standard InChI is InChI=1S/C15H20N4O2S/c1-3-6-13-18-19-15(22-13)17-14(21)16-9-12(20)11-8-5-4-7-10(11)2/h4-5,7-8,12,20H,3,6,9H2,1-2H3,(H2,16,17,19,21). The Hall–Kier alpha value is -1.99. The van der Waals surface area contributed by atoms with Gasteiger partial charge in [0.15, 0.2) is 0 Å². The molecule has 1 heterocycles. The highest BCUT2D eigenvalue weighted by Gasteiger charge is 2.12. The fourth-order valence-electron chi connectivity index (χ4n) is 2.02. The molecular formula is C15H20N4O2S. The van der Waals surface area contributed by atoms with Gasteiger partial charge in [-0.3, -0.25) is 5.32 Å². The predicted octanol–water partition coefficient (Wildman–Crippen LogP) is 2.65. The van der Waals surface area contributed by atoms with Crippen molar-refractivity contribution in [1.82, 2.24) is 15.5 Å². The molecule has 0 aliphatic carbocycles. The van der Waals surface area contributed by atoms with Crippen LogP contribution in [0.4, 0.5) is 9.93 Å². The third-order valence-corrected chi connectivity index (χ3v) is 4.05. The van der Waals surface area contributed by atoms with Gasteiger partial charge in [0.25, 0.3) is 0 Å². The molecule has 0 spiro atoms. The van der Waals surface area contributed by atoms with Gasteiger partial charge in [-0.05, 0) is 24.5 Å². The maximum Gasteiger partial charge on any atom is 0.321 e. The number of rotatable bonds is 6. The summed E-state index contributed by atoms with van der Waals surface area (Å²) in [5.41, 5.74) is 1.80. The Labute approximate surface area is 133 Å². The number of hydrogen-bond acceptors (Lipinski definition) is 5. The van der Waals surface area contributed by atoms with Crippen LogP contribution in [0.3, 0.4) is 0 Å². The van der Waals surface area contributed by atoms with Gasteiger partial charge in [-0.1, -0.05) is 42.5 Å². The first kappa shape index (κ1) is 16.4. The summed E-state index contributed by atoms with van der Waals surface area (Å²) < 4.78 is 0. The van der Waals surface area contributed by atoms with Crippen molar-refractivity contribution >= 4 is 22.5 Å². The minimum atomic E-state index is -0.739. The predicted molar refractivity (Wildman–Crippen MR) is 87.1 cm³/mol. The lowest BCUT2D eigenvalue weighted by atomic mass is 10.0. The van der Waals surface area contributed by atoms with Crippen LogP contribution in [0, 0.1) is 6.92 Å². The first-order valence-electron chi connectivity index (χ1n) is 7.21.